The Kier molecular flexibility index (Phi) is 10.5. The molecule has 0 radical (unpaired) electrons. The van der Waals surface area contributed by atoms with Crippen molar-refractivity contribution in [2.75, 3.05) is 13.3 Å². The maximum atomic E-state index is 11.7. The van der Waals surface area contributed by atoms with Crippen molar-refractivity contribution in [2.24, 2.45) is 5.73 Å². The molecule has 0 saturated heterocycles. The molecular formula is C15H18F3N3O10S. The molecule has 0 aromatic heterocycles. The average Bonchev–Trinajstić information content (AvgIpc) is 3.12. The molecule has 5 N–H and O–H groups in total. The van der Waals surface area contributed by atoms with Gasteiger partial charge in [-0.1, -0.05) is 0 Å². The lowest BCUT2D eigenvalue weighted by molar-refractivity contribution is -0.386. The van der Waals surface area contributed by atoms with E-state index in [9.17, 15) is 32.9 Å². The number of fused-ring (bicyclic) bond motifs is 1. The topological polar surface area (TPSA) is 201 Å². The Morgan fingerprint density at radius 3 is 2.22 bits per heavy atom. The van der Waals surface area contributed by atoms with E-state index in [-0.39, 0.29) is 43.8 Å². The number of carboxylic acids is 2. The molecule has 2 atom stereocenters. The molecule has 17 heteroatoms. The number of hydrogen-bond acceptors (Lipinski definition) is 9. The van der Waals surface area contributed by atoms with E-state index in [1.54, 1.807) is 0 Å². The van der Waals surface area contributed by atoms with Crippen LogP contribution in [0, 0.1) is 10.1 Å². The van der Waals surface area contributed by atoms with E-state index in [0.29, 0.717) is 5.75 Å². The molecule has 1 aromatic rings. The number of hydrogen-bond donors (Lipinski definition) is 4. The second kappa shape index (κ2) is 11.8. The van der Waals surface area contributed by atoms with Crippen LogP contribution in [-0.4, -0.2) is 58.7 Å². The van der Waals surface area contributed by atoms with Crippen molar-refractivity contribution in [3.63, 3.8) is 0 Å². The maximum Gasteiger partial charge on any atom is 0.490 e. The van der Waals surface area contributed by atoms with Gasteiger partial charge in [0.05, 0.1) is 16.6 Å². The van der Waals surface area contributed by atoms with E-state index >= 15 is 0 Å². The van der Waals surface area contributed by atoms with Gasteiger partial charge in [0.25, 0.3) is 5.69 Å². The van der Waals surface area contributed by atoms with Gasteiger partial charge in [0, 0.05) is 6.54 Å². The van der Waals surface area contributed by atoms with E-state index in [4.69, 9.17) is 35.0 Å². The van der Waals surface area contributed by atoms with Gasteiger partial charge in [0.1, 0.15) is 12.1 Å². The van der Waals surface area contributed by atoms with Gasteiger partial charge < -0.3 is 35.5 Å². The van der Waals surface area contributed by atoms with Crippen LogP contribution in [0.1, 0.15) is 18.6 Å². The Balaban J connectivity index is 0.00000104. The second-order valence-corrected chi connectivity index (χ2v) is 5.70. The average molecular weight is 489 g/mol. The summed E-state index contributed by atoms with van der Waals surface area (Å²) in [5, 5.41) is 29.1. The largest absolute Gasteiger partial charge is 0.490 e. The van der Waals surface area contributed by atoms with Gasteiger partial charge in [-0.05, 0) is 13.0 Å². The minimum Gasteiger partial charge on any atom is -0.480 e. The van der Waals surface area contributed by atoms with Crippen LogP contribution in [-0.2, 0) is 14.3 Å². The van der Waals surface area contributed by atoms with Crippen LogP contribution in [0.3, 0.4) is 0 Å². The first kappa shape index (κ1) is 28.5. The molecular weight excluding hydrogens is 471 g/mol. The smallest absolute Gasteiger partial charge is 0.480 e. The number of nitrogens with one attached hydrogen (secondary N) is 1. The van der Waals surface area contributed by atoms with Crippen molar-refractivity contribution in [1.29, 1.82) is 0 Å². The number of carbonyl (C=O) groups is 3. The van der Waals surface area contributed by atoms with Crippen LogP contribution in [0.5, 0.6) is 11.5 Å². The summed E-state index contributed by atoms with van der Waals surface area (Å²) in [6.45, 7) is 1.03. The number of nitro groups is 1. The van der Waals surface area contributed by atoms with Crippen LogP contribution in [0.25, 0.3) is 0 Å². The molecule has 0 saturated carbocycles. The first-order valence-electron chi connectivity index (χ1n) is 8.05. The zero-order chi connectivity index (χ0) is 23.9. The highest BCUT2D eigenvalue weighted by Crippen LogP contribution is 2.40. The summed E-state index contributed by atoms with van der Waals surface area (Å²) in [5.41, 5.74) is 5.07. The van der Waals surface area contributed by atoms with Crippen LogP contribution in [0.2, 0.25) is 0 Å². The van der Waals surface area contributed by atoms with Crippen molar-refractivity contribution in [3.8, 4) is 11.5 Å². The monoisotopic (exact) mass is 489 g/mol. The van der Waals surface area contributed by atoms with Crippen molar-refractivity contribution in [1.82, 2.24) is 5.32 Å². The highest BCUT2D eigenvalue weighted by molar-refractivity contribution is 7.59. The molecule has 1 aliphatic rings. The molecule has 1 aromatic carbocycles. The summed E-state index contributed by atoms with van der Waals surface area (Å²) < 4.78 is 47.0. The van der Waals surface area contributed by atoms with E-state index in [1.807, 2.05) is 0 Å². The number of alkyl halides is 3. The number of nitrogens with zero attached hydrogens (tertiary/aromatic N) is 1. The predicted molar refractivity (Wildman–Crippen MR) is 102 cm³/mol. The number of alkyl carbamates (subject to hydrolysis) is 1. The summed E-state index contributed by atoms with van der Waals surface area (Å²) in [6, 6.07) is 1.27. The Morgan fingerprint density at radius 1 is 1.28 bits per heavy atom. The highest BCUT2D eigenvalue weighted by atomic mass is 32.1. The molecule has 0 bridgehead atoms. The van der Waals surface area contributed by atoms with Gasteiger partial charge in [-0.15, -0.1) is 0 Å². The Morgan fingerprint density at radius 2 is 1.78 bits per heavy atom. The minimum atomic E-state index is -5.08. The molecule has 1 unspecified atom stereocenters. The Labute approximate surface area is 183 Å². The van der Waals surface area contributed by atoms with Gasteiger partial charge in [-0.3, -0.25) is 14.9 Å². The summed E-state index contributed by atoms with van der Waals surface area (Å²) in [5.74, 6) is -3.50. The fourth-order valence-electron chi connectivity index (χ4n) is 1.98. The first-order chi connectivity index (χ1) is 14.2. The lowest BCUT2D eigenvalue weighted by atomic mass is 10.1. The molecule has 180 valence electrons. The summed E-state index contributed by atoms with van der Waals surface area (Å²) in [6.07, 6.45) is -7.02. The Hall–Kier alpha value is -3.47. The minimum absolute atomic E-state index is 0. The molecule has 32 heavy (non-hydrogen) atoms. The number of aliphatic carboxylic acids is 2. The van der Waals surface area contributed by atoms with E-state index in [2.05, 4.69) is 5.32 Å². The van der Waals surface area contributed by atoms with Crippen LogP contribution in [0.15, 0.2) is 12.1 Å². The van der Waals surface area contributed by atoms with Gasteiger partial charge in [0.15, 0.2) is 11.5 Å². The lowest BCUT2D eigenvalue weighted by Gasteiger charge is -2.15. The summed E-state index contributed by atoms with van der Waals surface area (Å²) in [4.78, 5) is 41.7. The molecule has 13 nitrogen and oxygen atoms in total. The number of benzene rings is 1. The number of amides is 1. The normalized spacial score (nSPS) is 13.4. The zero-order valence-corrected chi connectivity index (χ0v) is 17.0. The lowest BCUT2D eigenvalue weighted by Crippen LogP contribution is -2.42. The van der Waals surface area contributed by atoms with Crippen molar-refractivity contribution in [3.05, 3.63) is 27.8 Å². The summed E-state index contributed by atoms with van der Waals surface area (Å²) >= 11 is 0. The second-order valence-electron chi connectivity index (χ2n) is 5.70. The van der Waals surface area contributed by atoms with Gasteiger partial charge >= 0.3 is 24.2 Å². The number of rotatable bonds is 6. The quantitative estimate of drug-likeness (QED) is 0.331. The van der Waals surface area contributed by atoms with E-state index in [0.717, 1.165) is 0 Å². The van der Waals surface area contributed by atoms with Crippen molar-refractivity contribution in [2.45, 2.75) is 25.2 Å². The summed E-state index contributed by atoms with van der Waals surface area (Å²) in [7, 11) is 0. The SMILES string of the molecule is CC(OC(=O)NC[C@H](N)C(=O)O)c1cc2c(cc1[N+](=O)[O-])OCO2.O=C(O)C(F)(F)F.S. The maximum absolute atomic E-state index is 11.7. The van der Waals surface area contributed by atoms with Crippen molar-refractivity contribution >= 4 is 37.2 Å². The molecule has 1 amide bonds. The van der Waals surface area contributed by atoms with Crippen molar-refractivity contribution < 1.29 is 56.9 Å². The number of ether oxygens (including phenoxy) is 3. The number of carbonyl (C=O) groups excluding carboxylic acids is 1. The number of nitrogens with two attached hydrogens (primary N) is 1. The Bertz CT molecular complexity index is 868. The number of halogens is 3. The number of carboxylic acid groups (broad SMARTS) is 2. The van der Waals surface area contributed by atoms with Crippen LogP contribution >= 0.6 is 13.5 Å². The standard InChI is InChI=1S/C13H15N3O8.C2HF3O2.H2S/c1-6(24-13(19)15-4-8(14)12(17)18)7-2-10-11(23-5-22-10)3-9(7)16(20)21;3-2(4,5)1(6)7;/h2-3,6,8H,4-5,14H2,1H3,(H,15,19)(H,17,18);(H,6,7);1H2/t6?,8-;;/m0../s1. The van der Waals surface area contributed by atoms with Gasteiger partial charge in [-0.25, -0.2) is 9.59 Å². The van der Waals surface area contributed by atoms with Gasteiger partial charge in [-0.2, -0.15) is 26.7 Å². The van der Waals surface area contributed by atoms with E-state index in [1.165, 1.54) is 19.1 Å². The third kappa shape index (κ3) is 8.34. The molecule has 1 heterocycles. The van der Waals surface area contributed by atoms with Gasteiger partial charge in [0.2, 0.25) is 6.79 Å². The molecule has 0 fully saturated rings. The molecule has 0 spiro atoms. The third-order valence-corrected chi connectivity index (χ3v) is 3.47. The predicted octanol–water partition coefficient (Wildman–Crippen LogP) is 1.27. The van der Waals surface area contributed by atoms with Crippen LogP contribution < -0.4 is 20.5 Å². The van der Waals surface area contributed by atoms with E-state index < -0.39 is 41.3 Å². The third-order valence-electron chi connectivity index (χ3n) is 3.47. The molecule has 1 aliphatic heterocycles. The fraction of sp³-hybridized carbons (Fsp3) is 0.400. The highest BCUT2D eigenvalue weighted by Gasteiger charge is 2.38. The zero-order valence-electron chi connectivity index (χ0n) is 16.0. The molecule has 0 aliphatic carbocycles. The molecule has 2 rings (SSSR count). The van der Waals surface area contributed by atoms with Crippen LogP contribution in [0.4, 0.5) is 23.7 Å². The fourth-order valence-corrected chi connectivity index (χ4v) is 1.98. The number of nitro benzene ring substituents is 1. The first-order valence-corrected chi connectivity index (χ1v) is 8.05.